The summed E-state index contributed by atoms with van der Waals surface area (Å²) in [5.74, 6) is 0.568. The molecule has 2 aromatic carbocycles. The van der Waals surface area contributed by atoms with Crippen LogP contribution in [0.4, 0.5) is 0 Å². The van der Waals surface area contributed by atoms with Gasteiger partial charge in [-0.05, 0) is 24.3 Å². The van der Waals surface area contributed by atoms with E-state index < -0.39 is 0 Å². The van der Waals surface area contributed by atoms with Crippen molar-refractivity contribution < 1.29 is 86.3 Å². The van der Waals surface area contributed by atoms with Crippen LogP contribution in [0.5, 0.6) is 23.0 Å². The van der Waals surface area contributed by atoms with Gasteiger partial charge in [-0.3, -0.25) is 9.98 Å². The molecule has 0 fully saturated rings. The van der Waals surface area contributed by atoms with E-state index in [2.05, 4.69) is 9.98 Å². The summed E-state index contributed by atoms with van der Waals surface area (Å²) in [5, 5.41) is 20.3. The van der Waals surface area contributed by atoms with Gasteiger partial charge in [0.05, 0.1) is 13.1 Å². The molecule has 2 aromatic rings. The average Bonchev–Trinajstić information content (AvgIpc) is 2.55. The van der Waals surface area contributed by atoms with E-state index in [4.69, 9.17) is 9.47 Å². The number of benzene rings is 2. The van der Waals surface area contributed by atoms with Gasteiger partial charge in [-0.15, -0.1) is 0 Å². The minimum atomic E-state index is -0.150. The molecule has 4 bridgehead atoms. The van der Waals surface area contributed by atoms with Crippen LogP contribution in [0, 0.1) is 44.1 Å². The summed E-state index contributed by atoms with van der Waals surface area (Å²) < 4.78 is 10.9. The number of ether oxygens (including phenoxy) is 2. The molecule has 0 spiro atoms. The summed E-state index contributed by atoms with van der Waals surface area (Å²) in [6, 6.07) is 10.3. The van der Waals surface area contributed by atoms with Crippen LogP contribution in [0.1, 0.15) is 11.1 Å². The molecule has 1 aliphatic heterocycles. The third-order valence-corrected chi connectivity index (χ3v) is 3.31. The molecule has 9 heteroatoms. The van der Waals surface area contributed by atoms with Gasteiger partial charge in [0.15, 0.2) is 23.0 Å². The number of para-hydroxylation sites is 2. The smallest absolute Gasteiger partial charge is 0.231 e. The quantitative estimate of drug-likeness (QED) is 0.440. The van der Waals surface area contributed by atoms with Crippen LogP contribution in [-0.4, -0.2) is 48.0 Å². The molecule has 26 heavy (non-hydrogen) atoms. The largest absolute Gasteiger partial charge is 0.504 e. The molecule has 1 aliphatic rings. The number of nitrogens with zero attached hydrogens (tertiary/aromatic N) is 2. The van der Waals surface area contributed by atoms with Gasteiger partial charge in [0.1, 0.15) is 0 Å². The van der Waals surface area contributed by atoms with Gasteiger partial charge >= 0.3 is 0 Å². The Bertz CT molecular complexity index is 707. The first-order chi connectivity index (χ1) is 11.3. The number of aliphatic imine (C=N–C) groups is 2. The summed E-state index contributed by atoms with van der Waals surface area (Å²) in [5.41, 5.74) is 1.12. The molecule has 0 aromatic heterocycles. The standard InChI is InChI=1S/C17H16N2O4.Ac.Mn.H2O/c20-16-12-3-1-5-14(16)22-11-23-15-6-2-4-13(17(15)21)10-19-8-7-18-9-12;;;/h1-6,9-10,20-21H,7-8,11H2;;;1H2. The fraction of sp³-hybridized carbons (Fsp3) is 0.176. The van der Waals surface area contributed by atoms with Crippen LogP contribution in [0.25, 0.3) is 0 Å². The second-order valence-electron chi connectivity index (χ2n) is 4.87. The molecule has 3 rings (SSSR count). The van der Waals surface area contributed by atoms with Gasteiger partial charge in [-0.25, -0.2) is 0 Å². The number of hydrogen-bond acceptors (Lipinski definition) is 6. The molecule has 0 saturated heterocycles. The van der Waals surface area contributed by atoms with Gasteiger partial charge in [-0.1, -0.05) is 12.1 Å². The third kappa shape index (κ3) is 6.26. The Morgan fingerprint density at radius 2 is 1.19 bits per heavy atom. The Kier molecular flexibility index (Phi) is 11.8. The number of phenolic OH excluding ortho intramolecular Hbond substituents is 2. The van der Waals surface area contributed by atoms with Crippen LogP contribution in [0.2, 0.25) is 0 Å². The summed E-state index contributed by atoms with van der Waals surface area (Å²) in [6.07, 6.45) is 3.16. The van der Waals surface area contributed by atoms with Crippen molar-refractivity contribution in [2.75, 3.05) is 19.9 Å². The zero-order valence-corrected chi connectivity index (χ0v) is 19.7. The molecule has 2 radical (unpaired) electrons. The van der Waals surface area contributed by atoms with E-state index in [1.54, 1.807) is 48.8 Å². The van der Waals surface area contributed by atoms with Crippen molar-refractivity contribution in [1.29, 1.82) is 0 Å². The van der Waals surface area contributed by atoms with Crippen molar-refractivity contribution >= 4 is 12.4 Å². The maximum atomic E-state index is 10.2. The first-order valence-electron chi connectivity index (χ1n) is 7.15. The molecule has 0 atom stereocenters. The normalized spacial score (nSPS) is 12.6. The molecule has 0 unspecified atom stereocenters. The van der Waals surface area contributed by atoms with Crippen LogP contribution in [0.15, 0.2) is 46.4 Å². The second kappa shape index (κ2) is 12.3. The van der Waals surface area contributed by atoms with Gasteiger partial charge < -0.3 is 25.2 Å². The van der Waals surface area contributed by atoms with E-state index in [0.29, 0.717) is 24.2 Å². The van der Waals surface area contributed by atoms with Crippen LogP contribution >= 0.6 is 0 Å². The Morgan fingerprint density at radius 1 is 0.769 bits per heavy atom. The van der Waals surface area contributed by atoms with E-state index in [1.165, 1.54) is 0 Å². The summed E-state index contributed by atoms with van der Waals surface area (Å²) in [4.78, 5) is 8.44. The number of phenols is 2. The minimum Gasteiger partial charge on any atom is -0.504 e. The van der Waals surface area contributed by atoms with E-state index >= 15 is 0 Å². The topological polar surface area (TPSA) is 115 Å². The minimum absolute atomic E-state index is 0. The summed E-state index contributed by atoms with van der Waals surface area (Å²) >= 11 is 0. The predicted octanol–water partition coefficient (Wildman–Crippen LogP) is 1.54. The van der Waals surface area contributed by atoms with Crippen molar-refractivity contribution in [3.05, 3.63) is 47.5 Å². The molecule has 1 heterocycles. The Morgan fingerprint density at radius 3 is 1.62 bits per heavy atom. The number of fused-ring (bicyclic) bond motifs is 4. The van der Waals surface area contributed by atoms with E-state index in [0.717, 1.165) is 0 Å². The van der Waals surface area contributed by atoms with Gasteiger partial charge in [-0.2, -0.15) is 0 Å². The number of rotatable bonds is 0. The van der Waals surface area contributed by atoms with Gasteiger partial charge in [0.25, 0.3) is 0 Å². The zero-order chi connectivity index (χ0) is 16.1. The van der Waals surface area contributed by atoms with E-state index in [-0.39, 0.29) is 96.4 Å². The van der Waals surface area contributed by atoms with Crippen LogP contribution in [0.3, 0.4) is 0 Å². The summed E-state index contributed by atoms with van der Waals surface area (Å²) in [7, 11) is 0. The number of hydrogen-bond donors (Lipinski definition) is 2. The first-order valence-corrected chi connectivity index (χ1v) is 7.15. The number of aromatic hydroxyl groups is 2. The molecule has 4 N–H and O–H groups in total. The van der Waals surface area contributed by atoms with Crippen molar-refractivity contribution in [2.45, 2.75) is 0 Å². The summed E-state index contributed by atoms with van der Waals surface area (Å²) in [6.45, 7) is 0.790. The van der Waals surface area contributed by atoms with Crippen molar-refractivity contribution in [3.8, 4) is 23.0 Å². The molecule has 7 nitrogen and oxygen atoms in total. The van der Waals surface area contributed by atoms with Gasteiger partial charge in [0.2, 0.25) is 6.79 Å². The van der Waals surface area contributed by atoms with Crippen molar-refractivity contribution in [2.24, 2.45) is 9.98 Å². The molecule has 136 valence electrons. The Hall–Kier alpha value is -1.10. The van der Waals surface area contributed by atoms with Crippen molar-refractivity contribution in [3.63, 3.8) is 0 Å². The first kappa shape index (κ1) is 24.9. The van der Waals surface area contributed by atoms with Gasteiger partial charge in [0, 0.05) is 84.7 Å². The monoisotopic (exact) mass is 612 g/mol. The average molecular weight is 612 g/mol. The molecular weight excluding hydrogens is 594 g/mol. The van der Waals surface area contributed by atoms with Crippen LogP contribution in [-0.2, 0) is 17.1 Å². The van der Waals surface area contributed by atoms with E-state index in [1.807, 2.05) is 0 Å². The molecule has 0 saturated carbocycles. The fourth-order valence-electron chi connectivity index (χ4n) is 2.12. The fourth-order valence-corrected chi connectivity index (χ4v) is 2.12. The second-order valence-corrected chi connectivity index (χ2v) is 4.87. The molecule has 0 amide bonds. The predicted molar refractivity (Wildman–Crippen MR) is 90.9 cm³/mol. The van der Waals surface area contributed by atoms with Crippen molar-refractivity contribution in [1.82, 2.24) is 0 Å². The van der Waals surface area contributed by atoms with Crippen LogP contribution < -0.4 is 9.47 Å². The SMILES string of the molecule is O.Oc1c2cccc1OCOc1cccc(c1O)C=NCCN=C2.[Ac].[Mn]. The van der Waals surface area contributed by atoms with E-state index in [9.17, 15) is 10.2 Å². The Balaban J connectivity index is 0.00000208. The molecule has 0 aliphatic carbocycles. The maximum absolute atomic E-state index is 10.2. The third-order valence-electron chi connectivity index (χ3n) is 3.31. The maximum Gasteiger partial charge on any atom is 0.231 e. The Labute approximate surface area is 197 Å². The zero-order valence-electron chi connectivity index (χ0n) is 13.8. The molecular formula is C17H18AcMnN2O5.